The van der Waals surface area contributed by atoms with Crippen molar-refractivity contribution in [1.82, 2.24) is 24.4 Å². The molecular weight excluding hydrogens is 418 g/mol. The Labute approximate surface area is 192 Å². The summed E-state index contributed by atoms with van der Waals surface area (Å²) in [5, 5.41) is 31.3. The summed E-state index contributed by atoms with van der Waals surface area (Å²) in [5.41, 5.74) is 4.82. The van der Waals surface area contributed by atoms with Gasteiger partial charge in [0.1, 0.15) is 0 Å². The van der Waals surface area contributed by atoms with Gasteiger partial charge in [0.25, 0.3) is 0 Å². The van der Waals surface area contributed by atoms with Crippen molar-refractivity contribution >= 4 is 23.0 Å². The first kappa shape index (κ1) is 21.4. The number of piperidine rings is 1. The Morgan fingerprint density at radius 2 is 1.88 bits per heavy atom. The molecule has 0 radical (unpaired) electrons. The molecule has 3 N–H and O–H groups in total. The maximum Gasteiger partial charge on any atom is 0.247 e. The van der Waals surface area contributed by atoms with Gasteiger partial charge in [-0.15, -0.1) is 5.10 Å². The Morgan fingerprint density at radius 1 is 1.09 bits per heavy atom. The van der Waals surface area contributed by atoms with Crippen molar-refractivity contribution < 1.29 is 10.2 Å². The zero-order chi connectivity index (χ0) is 22.8. The van der Waals surface area contributed by atoms with Crippen LogP contribution in [0.4, 0.5) is 17.3 Å². The lowest BCUT2D eigenvalue weighted by atomic mass is 9.73. The molecule has 0 aliphatic carbocycles. The lowest BCUT2D eigenvalue weighted by Crippen LogP contribution is -2.45. The van der Waals surface area contributed by atoms with E-state index < -0.39 is 0 Å². The zero-order valence-electron chi connectivity index (χ0n) is 18.7. The van der Waals surface area contributed by atoms with Crippen molar-refractivity contribution in [3.63, 3.8) is 0 Å². The Kier molecular flexibility index (Phi) is 5.74. The van der Waals surface area contributed by atoms with Gasteiger partial charge < -0.3 is 20.4 Å². The summed E-state index contributed by atoms with van der Waals surface area (Å²) in [6, 6.07) is 12.6. The number of aliphatic hydroxyl groups is 2. The number of aliphatic hydroxyl groups excluding tert-OH is 2. The number of anilines is 3. The number of benzene rings is 1. The molecule has 5 rings (SSSR count). The van der Waals surface area contributed by atoms with Gasteiger partial charge in [0, 0.05) is 30.9 Å². The van der Waals surface area contributed by atoms with Gasteiger partial charge in [0.2, 0.25) is 5.95 Å². The number of aromatic nitrogens is 5. The molecule has 172 valence electrons. The predicted octanol–water partition coefficient (Wildman–Crippen LogP) is 2.50. The molecule has 1 aliphatic rings. The van der Waals surface area contributed by atoms with Crippen LogP contribution in [0.2, 0.25) is 0 Å². The number of nitrogens with zero attached hydrogens (tertiary/aromatic N) is 6. The monoisotopic (exact) mass is 447 g/mol. The standard InChI is InChI=1S/C24H29N7O2/c1-18-4-6-19(7-5-18)24(17-33)8-11-29(12-9-24)21-3-2-10-31-22(21)27-23(28-31)26-20-15-25-30(16-20)13-14-32/h2-7,10,15-16,32-33H,8-9,11-14,17H2,1H3,(H,26,28). The van der Waals surface area contributed by atoms with Crippen LogP contribution in [0.15, 0.2) is 55.0 Å². The van der Waals surface area contributed by atoms with E-state index in [1.165, 1.54) is 11.1 Å². The summed E-state index contributed by atoms with van der Waals surface area (Å²) in [6.07, 6.45) is 7.13. The number of rotatable bonds is 7. The Hall–Kier alpha value is -3.43. The van der Waals surface area contributed by atoms with Crippen molar-refractivity contribution in [3.05, 3.63) is 66.1 Å². The smallest absolute Gasteiger partial charge is 0.247 e. The highest BCUT2D eigenvalue weighted by molar-refractivity contribution is 5.71. The van der Waals surface area contributed by atoms with Crippen LogP contribution >= 0.6 is 0 Å². The molecule has 3 aromatic heterocycles. The molecule has 1 aliphatic heterocycles. The van der Waals surface area contributed by atoms with Gasteiger partial charge in [-0.1, -0.05) is 29.8 Å². The fraction of sp³-hybridized carbons (Fsp3) is 0.375. The number of hydrogen-bond acceptors (Lipinski definition) is 7. The summed E-state index contributed by atoms with van der Waals surface area (Å²) < 4.78 is 3.45. The molecule has 0 saturated carbocycles. The Morgan fingerprint density at radius 3 is 2.61 bits per heavy atom. The minimum atomic E-state index is -0.204. The molecule has 0 bridgehead atoms. The van der Waals surface area contributed by atoms with Gasteiger partial charge in [-0.2, -0.15) is 10.1 Å². The van der Waals surface area contributed by atoms with Crippen LogP contribution in [0.5, 0.6) is 0 Å². The van der Waals surface area contributed by atoms with E-state index in [1.807, 2.05) is 18.5 Å². The number of nitrogens with one attached hydrogen (secondary N) is 1. The maximum absolute atomic E-state index is 10.3. The lowest BCUT2D eigenvalue weighted by Gasteiger charge is -2.42. The third kappa shape index (κ3) is 4.17. The number of pyridine rings is 1. The SMILES string of the molecule is Cc1ccc(C2(CO)CCN(c3cccn4nc(Nc5cnn(CCO)c5)nc34)CC2)cc1. The minimum absolute atomic E-state index is 0.0361. The summed E-state index contributed by atoms with van der Waals surface area (Å²) in [7, 11) is 0. The molecule has 9 nitrogen and oxygen atoms in total. The first-order valence-corrected chi connectivity index (χ1v) is 11.3. The first-order valence-electron chi connectivity index (χ1n) is 11.3. The zero-order valence-corrected chi connectivity index (χ0v) is 18.7. The normalized spacial score (nSPS) is 15.8. The molecule has 0 spiro atoms. The molecule has 1 fully saturated rings. The average Bonchev–Trinajstić information content (AvgIpc) is 3.46. The lowest BCUT2D eigenvalue weighted by molar-refractivity contribution is 0.165. The Balaban J connectivity index is 1.35. The molecule has 4 heterocycles. The predicted molar refractivity (Wildman–Crippen MR) is 127 cm³/mol. The van der Waals surface area contributed by atoms with Crippen LogP contribution < -0.4 is 10.2 Å². The van der Waals surface area contributed by atoms with Gasteiger partial charge in [0.15, 0.2) is 5.65 Å². The van der Waals surface area contributed by atoms with E-state index in [0.717, 1.165) is 43.0 Å². The van der Waals surface area contributed by atoms with E-state index in [1.54, 1.807) is 15.4 Å². The third-order valence-corrected chi connectivity index (χ3v) is 6.59. The Bertz CT molecular complexity index is 1220. The second kappa shape index (κ2) is 8.84. The average molecular weight is 448 g/mol. The maximum atomic E-state index is 10.3. The van der Waals surface area contributed by atoms with E-state index in [4.69, 9.17) is 10.1 Å². The van der Waals surface area contributed by atoms with Gasteiger partial charge in [-0.25, -0.2) is 4.52 Å². The van der Waals surface area contributed by atoms with Crippen LogP contribution in [0.25, 0.3) is 5.65 Å². The summed E-state index contributed by atoms with van der Waals surface area (Å²) >= 11 is 0. The number of hydrogen-bond donors (Lipinski definition) is 3. The van der Waals surface area contributed by atoms with Crippen molar-refractivity contribution in [2.24, 2.45) is 0 Å². The molecular formula is C24H29N7O2. The number of fused-ring (bicyclic) bond motifs is 1. The van der Waals surface area contributed by atoms with Gasteiger partial charge in [-0.3, -0.25) is 4.68 Å². The quantitative estimate of drug-likeness (QED) is 0.400. The van der Waals surface area contributed by atoms with E-state index in [9.17, 15) is 5.11 Å². The third-order valence-electron chi connectivity index (χ3n) is 6.59. The molecule has 1 aromatic carbocycles. The largest absolute Gasteiger partial charge is 0.395 e. The van der Waals surface area contributed by atoms with Crippen molar-refractivity contribution in [1.29, 1.82) is 0 Å². The molecule has 1 saturated heterocycles. The van der Waals surface area contributed by atoms with Gasteiger partial charge >= 0.3 is 0 Å². The van der Waals surface area contributed by atoms with Crippen LogP contribution in [-0.4, -0.2) is 60.9 Å². The van der Waals surface area contributed by atoms with E-state index in [0.29, 0.717) is 12.5 Å². The van der Waals surface area contributed by atoms with Crippen LogP contribution in [0, 0.1) is 6.92 Å². The van der Waals surface area contributed by atoms with Gasteiger partial charge in [0.05, 0.1) is 37.3 Å². The summed E-state index contributed by atoms with van der Waals surface area (Å²) in [5.74, 6) is 0.493. The number of aryl methyl sites for hydroxylation is 1. The van der Waals surface area contributed by atoms with Crippen molar-refractivity contribution in [2.75, 3.05) is 36.5 Å². The fourth-order valence-corrected chi connectivity index (χ4v) is 4.59. The summed E-state index contributed by atoms with van der Waals surface area (Å²) in [6.45, 7) is 4.37. The van der Waals surface area contributed by atoms with Crippen molar-refractivity contribution in [3.8, 4) is 0 Å². The van der Waals surface area contributed by atoms with Crippen LogP contribution in [0.1, 0.15) is 24.0 Å². The second-order valence-electron chi connectivity index (χ2n) is 8.73. The van der Waals surface area contributed by atoms with E-state index in [2.05, 4.69) is 57.7 Å². The fourth-order valence-electron chi connectivity index (χ4n) is 4.59. The van der Waals surface area contributed by atoms with Gasteiger partial charge in [-0.05, 0) is 37.5 Å². The minimum Gasteiger partial charge on any atom is -0.395 e. The van der Waals surface area contributed by atoms with Crippen LogP contribution in [0.3, 0.4) is 0 Å². The molecule has 4 aromatic rings. The molecule has 0 unspecified atom stereocenters. The van der Waals surface area contributed by atoms with Crippen molar-refractivity contribution in [2.45, 2.75) is 31.7 Å². The highest BCUT2D eigenvalue weighted by atomic mass is 16.3. The highest BCUT2D eigenvalue weighted by Gasteiger charge is 2.36. The van der Waals surface area contributed by atoms with Crippen LogP contribution in [-0.2, 0) is 12.0 Å². The van der Waals surface area contributed by atoms with E-state index >= 15 is 0 Å². The first-order chi connectivity index (χ1) is 16.1. The molecule has 33 heavy (non-hydrogen) atoms. The van der Waals surface area contributed by atoms with E-state index in [-0.39, 0.29) is 18.6 Å². The molecule has 9 heteroatoms. The highest BCUT2D eigenvalue weighted by Crippen LogP contribution is 2.37. The summed E-state index contributed by atoms with van der Waals surface area (Å²) in [4.78, 5) is 7.05. The second-order valence-corrected chi connectivity index (χ2v) is 8.73. The molecule has 0 amide bonds. The molecule has 0 atom stereocenters. The topological polar surface area (TPSA) is 104 Å².